The van der Waals surface area contributed by atoms with E-state index in [0.29, 0.717) is 24.2 Å². The monoisotopic (exact) mass is 356 g/mol. The van der Waals surface area contributed by atoms with Crippen LogP contribution >= 0.6 is 0 Å². The summed E-state index contributed by atoms with van der Waals surface area (Å²) in [7, 11) is -3.47. The lowest BCUT2D eigenvalue weighted by Gasteiger charge is -2.55. The fraction of sp³-hybridized carbons (Fsp3) is 0.882. The van der Waals surface area contributed by atoms with Crippen LogP contribution in [0.3, 0.4) is 0 Å². The Hall–Kier alpha value is -1.11. The maximum atomic E-state index is 12.7. The lowest BCUT2D eigenvalue weighted by Crippen LogP contribution is -2.58. The molecule has 0 saturated heterocycles. The van der Waals surface area contributed by atoms with Gasteiger partial charge in [0.15, 0.2) is 9.84 Å². The van der Waals surface area contributed by atoms with Gasteiger partial charge in [0.25, 0.3) is 5.91 Å². The van der Waals surface area contributed by atoms with E-state index in [2.05, 4.69) is 10.9 Å². The molecule has 0 radical (unpaired) electrons. The van der Waals surface area contributed by atoms with Gasteiger partial charge < -0.3 is 0 Å². The van der Waals surface area contributed by atoms with Gasteiger partial charge in [-0.1, -0.05) is 6.92 Å². The first-order valence-corrected chi connectivity index (χ1v) is 10.8. The van der Waals surface area contributed by atoms with Crippen LogP contribution in [0.5, 0.6) is 0 Å². The molecule has 2 amide bonds. The maximum absolute atomic E-state index is 12.7. The van der Waals surface area contributed by atoms with Gasteiger partial charge in [0, 0.05) is 0 Å². The van der Waals surface area contributed by atoms with Gasteiger partial charge in [0.05, 0.1) is 11.2 Å². The summed E-state index contributed by atoms with van der Waals surface area (Å²) in [6.45, 7) is 3.13. The molecule has 2 N–H and O–H groups in total. The van der Waals surface area contributed by atoms with Crippen LogP contribution in [0, 0.1) is 23.2 Å². The molecule has 4 fully saturated rings. The first-order chi connectivity index (χ1) is 11.3. The zero-order valence-corrected chi connectivity index (χ0v) is 15.3. The van der Waals surface area contributed by atoms with E-state index in [4.69, 9.17) is 0 Å². The van der Waals surface area contributed by atoms with Crippen molar-refractivity contribution < 1.29 is 18.0 Å². The standard InChI is InChI=1S/C17H28N2O4S/c1-3-4-24(22,23)11(2)15(20)18-19-16(21)17-8-12-5-13(9-17)7-14(6-12)10-17/h11-14H,3-10H2,1-2H3,(H,18,20)(H,19,21)/t11-,12?,13?,14?,17?/m0/s1. The average Bonchev–Trinajstić information content (AvgIpc) is 2.50. The highest BCUT2D eigenvalue weighted by atomic mass is 32.2. The van der Waals surface area contributed by atoms with Gasteiger partial charge >= 0.3 is 0 Å². The Morgan fingerprint density at radius 1 is 1.04 bits per heavy atom. The molecule has 6 nitrogen and oxygen atoms in total. The van der Waals surface area contributed by atoms with Gasteiger partial charge in [0.1, 0.15) is 5.25 Å². The van der Waals surface area contributed by atoms with Crippen LogP contribution in [0.15, 0.2) is 0 Å². The maximum Gasteiger partial charge on any atom is 0.256 e. The molecule has 4 rings (SSSR count). The predicted octanol–water partition coefficient (Wildman–Crippen LogP) is 1.56. The number of hydrogen-bond acceptors (Lipinski definition) is 4. The largest absolute Gasteiger partial charge is 0.273 e. The van der Waals surface area contributed by atoms with Crippen molar-refractivity contribution in [2.75, 3.05) is 5.75 Å². The van der Waals surface area contributed by atoms with E-state index in [1.54, 1.807) is 6.92 Å². The van der Waals surface area contributed by atoms with Crippen LogP contribution in [0.2, 0.25) is 0 Å². The number of hydrazine groups is 1. The molecule has 24 heavy (non-hydrogen) atoms. The van der Waals surface area contributed by atoms with Crippen molar-refractivity contribution in [3.63, 3.8) is 0 Å². The number of carbonyl (C=O) groups is 2. The lowest BCUT2D eigenvalue weighted by molar-refractivity contribution is -0.148. The van der Waals surface area contributed by atoms with Crippen molar-refractivity contribution in [1.29, 1.82) is 0 Å². The fourth-order valence-corrected chi connectivity index (χ4v) is 6.67. The second-order valence-corrected chi connectivity index (χ2v) is 10.6. The van der Waals surface area contributed by atoms with Crippen LogP contribution in [-0.4, -0.2) is 31.2 Å². The Morgan fingerprint density at radius 2 is 1.54 bits per heavy atom. The molecule has 0 aromatic rings. The molecule has 0 aliphatic heterocycles. The molecule has 7 heteroatoms. The van der Waals surface area contributed by atoms with Gasteiger partial charge in [-0.25, -0.2) is 8.42 Å². The van der Waals surface area contributed by atoms with E-state index in [1.165, 1.54) is 26.2 Å². The highest BCUT2D eigenvalue weighted by Crippen LogP contribution is 2.59. The summed E-state index contributed by atoms with van der Waals surface area (Å²) in [6, 6.07) is 0. The number of rotatable bonds is 5. The number of hydrogen-bond donors (Lipinski definition) is 2. The summed E-state index contributed by atoms with van der Waals surface area (Å²) >= 11 is 0. The minimum atomic E-state index is -3.47. The molecule has 0 unspecified atom stereocenters. The lowest BCUT2D eigenvalue weighted by atomic mass is 9.49. The number of carbonyl (C=O) groups excluding carboxylic acids is 2. The first kappa shape index (κ1) is 17.7. The van der Waals surface area contributed by atoms with E-state index >= 15 is 0 Å². The minimum absolute atomic E-state index is 0.0233. The third kappa shape index (κ3) is 3.19. The van der Waals surface area contributed by atoms with Crippen LogP contribution < -0.4 is 10.9 Å². The van der Waals surface area contributed by atoms with Crippen molar-refractivity contribution in [3.8, 4) is 0 Å². The zero-order chi connectivity index (χ0) is 17.5. The summed E-state index contributed by atoms with van der Waals surface area (Å²) in [5, 5.41) is -1.14. The topological polar surface area (TPSA) is 92.3 Å². The van der Waals surface area contributed by atoms with Crippen molar-refractivity contribution in [2.24, 2.45) is 23.2 Å². The van der Waals surface area contributed by atoms with E-state index in [-0.39, 0.29) is 17.1 Å². The van der Waals surface area contributed by atoms with Crippen LogP contribution in [0.4, 0.5) is 0 Å². The Labute approximate surface area is 144 Å². The fourth-order valence-electron chi connectivity index (χ4n) is 5.37. The molecular weight excluding hydrogens is 328 g/mol. The van der Waals surface area contributed by atoms with E-state index in [0.717, 1.165) is 19.3 Å². The van der Waals surface area contributed by atoms with Crippen LogP contribution in [0.1, 0.15) is 58.8 Å². The predicted molar refractivity (Wildman–Crippen MR) is 90.4 cm³/mol. The van der Waals surface area contributed by atoms with Gasteiger partial charge in [-0.05, 0) is 69.6 Å². The van der Waals surface area contributed by atoms with Crippen molar-refractivity contribution in [1.82, 2.24) is 10.9 Å². The molecule has 4 saturated carbocycles. The van der Waals surface area contributed by atoms with E-state index in [9.17, 15) is 18.0 Å². The Bertz CT molecular complexity index is 593. The van der Waals surface area contributed by atoms with Crippen LogP contribution in [0.25, 0.3) is 0 Å². The highest BCUT2D eigenvalue weighted by Gasteiger charge is 2.54. The number of amides is 2. The van der Waals surface area contributed by atoms with Gasteiger partial charge in [-0.2, -0.15) is 0 Å². The Morgan fingerprint density at radius 3 is 2.00 bits per heavy atom. The molecule has 4 aliphatic carbocycles. The van der Waals surface area contributed by atoms with Gasteiger partial charge in [0.2, 0.25) is 5.91 Å². The molecule has 4 aliphatic rings. The molecule has 4 bridgehead atoms. The van der Waals surface area contributed by atoms with E-state index < -0.39 is 21.0 Å². The molecule has 136 valence electrons. The summed E-state index contributed by atoms with van der Waals surface area (Å²) < 4.78 is 23.9. The molecule has 0 aromatic heterocycles. The second kappa shape index (κ2) is 6.32. The minimum Gasteiger partial charge on any atom is -0.273 e. The van der Waals surface area contributed by atoms with Crippen molar-refractivity contribution >= 4 is 21.7 Å². The quantitative estimate of drug-likeness (QED) is 0.731. The number of nitrogens with one attached hydrogen (secondary N) is 2. The number of sulfone groups is 1. The summed E-state index contributed by atoms with van der Waals surface area (Å²) in [5.74, 6) is 1.12. The molecule has 0 aromatic carbocycles. The van der Waals surface area contributed by atoms with Crippen molar-refractivity contribution in [3.05, 3.63) is 0 Å². The molecule has 0 spiro atoms. The van der Waals surface area contributed by atoms with Gasteiger partial charge in [-0.15, -0.1) is 0 Å². The Kier molecular flexibility index (Phi) is 4.66. The smallest absolute Gasteiger partial charge is 0.256 e. The second-order valence-electron chi connectivity index (χ2n) is 8.15. The SMILES string of the molecule is CCCS(=O)(=O)[C@@H](C)C(=O)NNC(=O)C12CC3CC(CC(C3)C1)C2. The summed E-state index contributed by atoms with van der Waals surface area (Å²) in [5.41, 5.74) is 4.53. The third-order valence-corrected chi connectivity index (χ3v) is 8.48. The van der Waals surface area contributed by atoms with Crippen LogP contribution in [-0.2, 0) is 19.4 Å². The van der Waals surface area contributed by atoms with E-state index in [1.807, 2.05) is 0 Å². The third-order valence-electron chi connectivity index (χ3n) is 6.22. The zero-order valence-electron chi connectivity index (χ0n) is 14.5. The highest BCUT2D eigenvalue weighted by molar-refractivity contribution is 7.92. The normalized spacial score (nSPS) is 35.5. The van der Waals surface area contributed by atoms with Gasteiger partial charge in [-0.3, -0.25) is 20.4 Å². The summed E-state index contributed by atoms with van der Waals surface area (Å²) in [4.78, 5) is 24.8. The Balaban J connectivity index is 1.59. The molecule has 1 atom stereocenters. The molecular formula is C17H28N2O4S. The summed E-state index contributed by atoms with van der Waals surface area (Å²) in [6.07, 6.45) is 6.92. The molecule has 0 heterocycles. The first-order valence-electron chi connectivity index (χ1n) is 9.07. The average molecular weight is 356 g/mol. The van der Waals surface area contributed by atoms with Crippen molar-refractivity contribution in [2.45, 2.75) is 64.0 Å².